The zero-order chi connectivity index (χ0) is 11.4. The van der Waals surface area contributed by atoms with Gasteiger partial charge in [0.25, 0.3) is 0 Å². The molecule has 0 bridgehead atoms. The average Bonchev–Trinajstić information content (AvgIpc) is 2.26. The summed E-state index contributed by atoms with van der Waals surface area (Å²) in [6.07, 6.45) is 0. The van der Waals surface area contributed by atoms with E-state index in [1.807, 2.05) is 0 Å². The number of halogens is 1. The first-order valence-corrected chi connectivity index (χ1v) is 4.81. The molecule has 0 amide bonds. The number of carbonyl (C=O) groups excluding carboxylic acids is 1. The van der Waals surface area contributed by atoms with Crippen LogP contribution in [0.15, 0.2) is 0 Å². The summed E-state index contributed by atoms with van der Waals surface area (Å²) in [6, 6.07) is 0. The van der Waals surface area contributed by atoms with E-state index >= 15 is 0 Å². The van der Waals surface area contributed by atoms with Crippen LogP contribution in [0.1, 0.15) is 0 Å². The zero-order valence-corrected chi connectivity index (χ0v) is 10.3. The molecule has 16 heavy (non-hydrogen) atoms. The summed E-state index contributed by atoms with van der Waals surface area (Å²) in [5, 5.41) is 0. The first-order valence-electron chi connectivity index (χ1n) is 4.81. The van der Waals surface area contributed by atoms with Crippen LogP contribution in [0.25, 0.3) is 0 Å². The molecule has 0 aromatic carbocycles. The second-order valence-electron chi connectivity index (χ2n) is 2.64. The van der Waals surface area contributed by atoms with Crippen LogP contribution in [0.3, 0.4) is 0 Å². The fourth-order valence-corrected chi connectivity index (χ4v) is 0.738. The molecular weight excluding hydrogens is 238 g/mol. The molecule has 0 spiro atoms. The number of nitrogens with two attached hydrogens (primary N) is 1. The molecule has 0 unspecified atom stereocenters. The van der Waals surface area contributed by atoms with E-state index in [0.29, 0.717) is 39.6 Å². The molecule has 0 aliphatic carbocycles. The lowest BCUT2D eigenvalue weighted by Gasteiger charge is -2.05. The Balaban J connectivity index is 0. The van der Waals surface area contributed by atoms with Gasteiger partial charge in [0.1, 0.15) is 6.61 Å². The molecule has 0 aliphatic rings. The highest BCUT2D eigenvalue weighted by atomic mass is 35.5. The van der Waals surface area contributed by atoms with Gasteiger partial charge in [-0.3, -0.25) is 0 Å². The first kappa shape index (κ1) is 18.0. The number of carbonyl (C=O) groups is 1. The molecular formula is C9H20ClNO5. The summed E-state index contributed by atoms with van der Waals surface area (Å²) in [5.74, 6) is -0.388. The minimum absolute atomic E-state index is 0. The van der Waals surface area contributed by atoms with Crippen molar-refractivity contribution < 1.29 is 23.7 Å². The van der Waals surface area contributed by atoms with E-state index in [0.717, 1.165) is 0 Å². The summed E-state index contributed by atoms with van der Waals surface area (Å²) in [4.78, 5) is 10.6. The van der Waals surface area contributed by atoms with Gasteiger partial charge in [-0.1, -0.05) is 0 Å². The fourth-order valence-electron chi connectivity index (χ4n) is 0.738. The lowest BCUT2D eigenvalue weighted by atomic mass is 10.7. The van der Waals surface area contributed by atoms with Crippen LogP contribution in [0.4, 0.5) is 0 Å². The molecule has 0 aromatic rings. The van der Waals surface area contributed by atoms with Crippen LogP contribution >= 0.6 is 12.4 Å². The molecule has 0 fully saturated rings. The van der Waals surface area contributed by atoms with Crippen LogP contribution < -0.4 is 5.73 Å². The van der Waals surface area contributed by atoms with E-state index in [4.69, 9.17) is 19.9 Å². The van der Waals surface area contributed by atoms with Gasteiger partial charge in [-0.15, -0.1) is 12.4 Å². The third-order valence-corrected chi connectivity index (χ3v) is 1.45. The second kappa shape index (κ2) is 14.6. The Bertz CT molecular complexity index is 159. The van der Waals surface area contributed by atoms with E-state index in [-0.39, 0.29) is 25.0 Å². The second-order valence-corrected chi connectivity index (χ2v) is 2.64. The highest BCUT2D eigenvalue weighted by Crippen LogP contribution is 1.82. The highest BCUT2D eigenvalue weighted by Gasteiger charge is 1.98. The van der Waals surface area contributed by atoms with Crippen molar-refractivity contribution in [1.29, 1.82) is 0 Å². The smallest absolute Gasteiger partial charge is 0.331 e. The summed E-state index contributed by atoms with van der Waals surface area (Å²) in [7, 11) is 1.32. The molecule has 7 heteroatoms. The third-order valence-electron chi connectivity index (χ3n) is 1.45. The van der Waals surface area contributed by atoms with E-state index in [9.17, 15) is 4.79 Å². The van der Waals surface area contributed by atoms with Crippen molar-refractivity contribution in [2.45, 2.75) is 0 Å². The van der Waals surface area contributed by atoms with Gasteiger partial charge >= 0.3 is 5.97 Å². The number of methoxy groups -OCH3 is 1. The molecule has 6 nitrogen and oxygen atoms in total. The Morgan fingerprint density at radius 3 is 2.00 bits per heavy atom. The van der Waals surface area contributed by atoms with Gasteiger partial charge in [-0.2, -0.15) is 0 Å². The topological polar surface area (TPSA) is 80.0 Å². The van der Waals surface area contributed by atoms with E-state index < -0.39 is 0 Å². The van der Waals surface area contributed by atoms with Crippen molar-refractivity contribution in [3.63, 3.8) is 0 Å². The molecule has 0 saturated carbocycles. The van der Waals surface area contributed by atoms with Crippen molar-refractivity contribution >= 4 is 18.4 Å². The van der Waals surface area contributed by atoms with E-state index in [2.05, 4.69) is 4.74 Å². The van der Waals surface area contributed by atoms with Gasteiger partial charge in [-0.25, -0.2) is 4.79 Å². The lowest BCUT2D eigenvalue weighted by Crippen LogP contribution is -2.15. The molecule has 2 N–H and O–H groups in total. The summed E-state index contributed by atoms with van der Waals surface area (Å²) in [6.45, 7) is 2.85. The number of ether oxygens (including phenoxy) is 4. The van der Waals surface area contributed by atoms with E-state index in [1.54, 1.807) is 0 Å². The van der Waals surface area contributed by atoms with Gasteiger partial charge in [-0.05, 0) is 0 Å². The van der Waals surface area contributed by atoms with Gasteiger partial charge in [0, 0.05) is 6.54 Å². The Labute approximate surface area is 102 Å². The maximum Gasteiger partial charge on any atom is 0.331 e. The molecule has 0 saturated heterocycles. The van der Waals surface area contributed by atoms with Gasteiger partial charge < -0.3 is 24.7 Å². The minimum atomic E-state index is -0.388. The molecule has 0 radical (unpaired) electrons. The van der Waals surface area contributed by atoms with Gasteiger partial charge in [0.15, 0.2) is 0 Å². The summed E-state index contributed by atoms with van der Waals surface area (Å²) < 4.78 is 19.6. The molecule has 0 aliphatic heterocycles. The Morgan fingerprint density at radius 2 is 1.50 bits per heavy atom. The number of esters is 1. The predicted molar refractivity (Wildman–Crippen MR) is 60.8 cm³/mol. The molecule has 98 valence electrons. The van der Waals surface area contributed by atoms with Crippen LogP contribution in [-0.4, -0.2) is 59.3 Å². The average molecular weight is 258 g/mol. The summed E-state index contributed by atoms with van der Waals surface area (Å²) in [5.41, 5.74) is 5.22. The predicted octanol–water partition coefficient (Wildman–Crippen LogP) is -0.410. The van der Waals surface area contributed by atoms with Crippen molar-refractivity contribution in [3.05, 3.63) is 0 Å². The Hall–Kier alpha value is -0.400. The van der Waals surface area contributed by atoms with Crippen molar-refractivity contribution in [3.8, 4) is 0 Å². The maximum absolute atomic E-state index is 10.6. The highest BCUT2D eigenvalue weighted by molar-refractivity contribution is 5.85. The van der Waals surface area contributed by atoms with Gasteiger partial charge in [0.05, 0.1) is 40.1 Å². The van der Waals surface area contributed by atoms with Crippen molar-refractivity contribution in [2.75, 3.05) is 53.3 Å². The monoisotopic (exact) mass is 257 g/mol. The summed E-state index contributed by atoms with van der Waals surface area (Å²) >= 11 is 0. The molecule has 0 atom stereocenters. The molecule has 0 heterocycles. The van der Waals surface area contributed by atoms with Crippen LogP contribution in [-0.2, 0) is 23.7 Å². The van der Waals surface area contributed by atoms with Gasteiger partial charge in [0.2, 0.25) is 0 Å². The number of rotatable bonds is 10. The lowest BCUT2D eigenvalue weighted by molar-refractivity contribution is -0.146. The van der Waals surface area contributed by atoms with Crippen molar-refractivity contribution in [2.24, 2.45) is 5.73 Å². The standard InChI is InChI=1S/C9H19NO5.ClH/c1-12-9(11)8-15-7-6-14-5-4-13-3-2-10;/h2-8,10H2,1H3;1H. The first-order chi connectivity index (χ1) is 7.31. The largest absolute Gasteiger partial charge is 0.467 e. The zero-order valence-electron chi connectivity index (χ0n) is 9.48. The fraction of sp³-hybridized carbons (Fsp3) is 0.889. The molecule has 0 rings (SSSR count). The molecule has 0 aromatic heterocycles. The van der Waals surface area contributed by atoms with Crippen molar-refractivity contribution in [1.82, 2.24) is 0 Å². The maximum atomic E-state index is 10.6. The number of hydrogen-bond donors (Lipinski definition) is 1. The third kappa shape index (κ3) is 13.6. The normalized spacial score (nSPS) is 9.62. The Morgan fingerprint density at radius 1 is 1.00 bits per heavy atom. The quantitative estimate of drug-likeness (QED) is 0.423. The SMILES string of the molecule is COC(=O)COCCOCCOCCN.Cl. The number of hydrogen-bond acceptors (Lipinski definition) is 6. The van der Waals surface area contributed by atoms with E-state index in [1.165, 1.54) is 7.11 Å². The van der Waals surface area contributed by atoms with Crippen LogP contribution in [0.2, 0.25) is 0 Å². The Kier molecular flexibility index (Phi) is 16.4. The minimum Gasteiger partial charge on any atom is -0.467 e. The van der Waals surface area contributed by atoms with Crippen LogP contribution in [0, 0.1) is 0 Å². The van der Waals surface area contributed by atoms with Crippen LogP contribution in [0.5, 0.6) is 0 Å².